The van der Waals surface area contributed by atoms with E-state index in [1.165, 1.54) is 24.3 Å². The molecule has 0 aromatic heterocycles. The zero-order valence-electron chi connectivity index (χ0n) is 7.48. The molecule has 1 atom stereocenters. The molecular weight excluding hydrogens is 187 g/mol. The van der Waals surface area contributed by atoms with E-state index in [-0.39, 0.29) is 12.4 Å². The van der Waals surface area contributed by atoms with Crippen molar-refractivity contribution in [3.8, 4) is 0 Å². The van der Waals surface area contributed by atoms with Crippen molar-refractivity contribution in [3.05, 3.63) is 42.2 Å². The van der Waals surface area contributed by atoms with Crippen LogP contribution in [0, 0.1) is 5.82 Å². The van der Waals surface area contributed by atoms with Crippen molar-refractivity contribution in [3.63, 3.8) is 0 Å². The number of aliphatic hydroxyl groups is 1. The van der Waals surface area contributed by atoms with E-state index in [0.717, 1.165) is 0 Å². The highest BCUT2D eigenvalue weighted by Gasteiger charge is 2.13. The van der Waals surface area contributed by atoms with E-state index in [9.17, 15) is 4.39 Å². The molecule has 0 aliphatic carbocycles. The fraction of sp³-hybridized carbons (Fsp3) is 0.200. The van der Waals surface area contributed by atoms with Gasteiger partial charge < -0.3 is 5.11 Å². The normalized spacial score (nSPS) is 12.5. The van der Waals surface area contributed by atoms with Crippen LogP contribution in [0.2, 0.25) is 0 Å². The molecule has 0 heterocycles. The van der Waals surface area contributed by atoms with E-state index in [0.29, 0.717) is 11.1 Å². The number of benzene rings is 1. The summed E-state index contributed by atoms with van der Waals surface area (Å²) < 4.78 is 12.6. The Morgan fingerprint density at radius 1 is 1.43 bits per heavy atom. The third kappa shape index (κ3) is 2.38. The molecule has 3 nitrogen and oxygen atoms in total. The van der Waals surface area contributed by atoms with Crippen LogP contribution < -0.4 is 0 Å². The Morgan fingerprint density at radius 3 is 2.43 bits per heavy atom. The molecule has 0 fully saturated rings. The van der Waals surface area contributed by atoms with Crippen LogP contribution in [0.4, 0.5) is 4.39 Å². The van der Waals surface area contributed by atoms with Gasteiger partial charge in [-0.05, 0) is 23.3 Å². The second kappa shape index (κ2) is 4.85. The van der Waals surface area contributed by atoms with Gasteiger partial charge in [0, 0.05) is 0 Å². The van der Waals surface area contributed by atoms with Crippen molar-refractivity contribution in [1.82, 2.24) is 0 Å². The lowest BCUT2D eigenvalue weighted by Gasteiger charge is -2.13. The first kappa shape index (κ1) is 10.8. The first-order valence-corrected chi connectivity index (χ1v) is 4.05. The number of rotatable bonds is 4. The lowest BCUT2D eigenvalue weighted by Crippen LogP contribution is -2.17. The molecule has 1 unspecified atom stereocenters. The Morgan fingerprint density at radius 2 is 2.00 bits per heavy atom. The van der Waals surface area contributed by atoms with Gasteiger partial charge >= 0.3 is 0 Å². The summed E-state index contributed by atoms with van der Waals surface area (Å²) in [7, 11) is 0. The second-order valence-corrected chi connectivity index (χ2v) is 2.81. The summed E-state index contributed by atoms with van der Waals surface area (Å²) in [6, 6.07) is 5.54. The van der Waals surface area contributed by atoms with Gasteiger partial charge in [-0.15, -0.1) is 0 Å². The predicted octanol–water partition coefficient (Wildman–Crippen LogP) is 1.69. The summed E-state index contributed by atoms with van der Waals surface area (Å²) >= 11 is 0. The van der Waals surface area contributed by atoms with Crippen molar-refractivity contribution in [2.45, 2.75) is 6.10 Å². The van der Waals surface area contributed by atoms with E-state index >= 15 is 0 Å². The molecule has 0 saturated heterocycles. The molecule has 0 bridgehead atoms. The highest BCUT2D eigenvalue weighted by atomic mass is 19.1. The molecule has 0 saturated carbocycles. The Balaban J connectivity index is 2.83. The van der Waals surface area contributed by atoms with Crippen LogP contribution in [0.3, 0.4) is 0 Å². The van der Waals surface area contributed by atoms with E-state index in [4.69, 9.17) is 10.4 Å². The molecule has 1 rings (SSSR count). The lowest BCUT2D eigenvalue weighted by molar-refractivity contribution is -0.268. The van der Waals surface area contributed by atoms with E-state index in [1.807, 2.05) is 0 Å². The Kier molecular flexibility index (Phi) is 3.76. The van der Waals surface area contributed by atoms with E-state index < -0.39 is 6.10 Å². The molecule has 4 heteroatoms. The minimum absolute atomic E-state index is 0.355. The van der Waals surface area contributed by atoms with Gasteiger partial charge in [-0.3, -0.25) is 5.26 Å². The number of hydrogen-bond donors (Lipinski definition) is 2. The summed E-state index contributed by atoms with van der Waals surface area (Å²) in [6.45, 7) is 3.25. The van der Waals surface area contributed by atoms with Crippen LogP contribution in [-0.4, -0.2) is 23.1 Å². The average molecular weight is 198 g/mol. The molecule has 0 aliphatic rings. The maximum Gasteiger partial charge on any atom is 0.141 e. The Bertz CT molecular complexity index is 304. The van der Waals surface area contributed by atoms with Gasteiger partial charge in [0.2, 0.25) is 0 Å². The molecule has 0 amide bonds. The third-order valence-electron chi connectivity index (χ3n) is 1.90. The monoisotopic (exact) mass is 198 g/mol. The zero-order valence-corrected chi connectivity index (χ0v) is 7.48. The fourth-order valence-corrected chi connectivity index (χ4v) is 1.06. The van der Waals surface area contributed by atoms with Crippen LogP contribution in [0.1, 0.15) is 5.56 Å². The number of halogens is 1. The average Bonchev–Trinajstić information content (AvgIpc) is 2.20. The summed E-state index contributed by atoms with van der Waals surface area (Å²) in [5, 5.41) is 17.2. The Hall–Kier alpha value is -1.23. The molecule has 76 valence electrons. The van der Waals surface area contributed by atoms with Crippen molar-refractivity contribution in [1.29, 1.82) is 0 Å². The lowest BCUT2D eigenvalue weighted by atomic mass is 10.0. The van der Waals surface area contributed by atoms with Gasteiger partial charge in [0.1, 0.15) is 11.9 Å². The van der Waals surface area contributed by atoms with Gasteiger partial charge in [-0.1, -0.05) is 18.7 Å². The van der Waals surface area contributed by atoms with Crippen LogP contribution in [0.5, 0.6) is 0 Å². The van der Waals surface area contributed by atoms with Gasteiger partial charge in [-0.2, -0.15) is 0 Å². The molecule has 0 spiro atoms. The fourth-order valence-electron chi connectivity index (χ4n) is 1.06. The maximum atomic E-state index is 12.6. The van der Waals surface area contributed by atoms with Crippen LogP contribution >= 0.6 is 0 Å². The summed E-state index contributed by atoms with van der Waals surface area (Å²) in [5.41, 5.74) is 1.01. The largest absolute Gasteiger partial charge is 0.393 e. The van der Waals surface area contributed by atoms with Crippen LogP contribution in [0.25, 0.3) is 5.57 Å². The molecule has 1 aromatic rings. The van der Waals surface area contributed by atoms with Crippen molar-refractivity contribution in [2.24, 2.45) is 0 Å². The van der Waals surface area contributed by atoms with Crippen molar-refractivity contribution >= 4 is 5.57 Å². The Labute approximate surface area is 81.0 Å². The van der Waals surface area contributed by atoms with Crippen LogP contribution in [-0.2, 0) is 4.89 Å². The first-order valence-electron chi connectivity index (χ1n) is 4.05. The summed E-state index contributed by atoms with van der Waals surface area (Å²) in [5.74, 6) is -0.355. The van der Waals surface area contributed by atoms with Crippen LogP contribution in [0.15, 0.2) is 30.8 Å². The first-order chi connectivity index (χ1) is 6.69. The van der Waals surface area contributed by atoms with Gasteiger partial charge in [0.15, 0.2) is 0 Å². The third-order valence-corrected chi connectivity index (χ3v) is 1.90. The topological polar surface area (TPSA) is 49.7 Å². The quantitative estimate of drug-likeness (QED) is 0.571. The predicted molar refractivity (Wildman–Crippen MR) is 50.0 cm³/mol. The highest BCUT2D eigenvalue weighted by Crippen LogP contribution is 2.18. The molecule has 1 aromatic carbocycles. The standard InChI is InChI=1S/C10H11FO3/c1-7(10(6-12)14-13)8-2-4-9(11)5-3-8/h2-5,10,12-13H,1,6H2. The van der Waals surface area contributed by atoms with Crippen molar-refractivity contribution in [2.75, 3.05) is 6.61 Å². The minimum Gasteiger partial charge on any atom is -0.393 e. The summed E-state index contributed by atoms with van der Waals surface area (Å²) in [4.78, 5) is 4.00. The number of aliphatic hydroxyl groups excluding tert-OH is 1. The van der Waals surface area contributed by atoms with E-state index in [2.05, 4.69) is 11.5 Å². The molecular formula is C10H11FO3. The molecule has 14 heavy (non-hydrogen) atoms. The van der Waals surface area contributed by atoms with E-state index in [1.54, 1.807) is 0 Å². The molecule has 0 aliphatic heterocycles. The van der Waals surface area contributed by atoms with Gasteiger partial charge in [-0.25, -0.2) is 9.28 Å². The SMILES string of the molecule is C=C(c1ccc(F)cc1)C(CO)OO. The zero-order chi connectivity index (χ0) is 10.6. The number of hydrogen-bond acceptors (Lipinski definition) is 3. The second-order valence-electron chi connectivity index (χ2n) is 2.81. The maximum absolute atomic E-state index is 12.6. The molecule has 0 radical (unpaired) electrons. The summed E-state index contributed by atoms with van der Waals surface area (Å²) in [6.07, 6.45) is -0.875. The highest BCUT2D eigenvalue weighted by molar-refractivity contribution is 5.66. The van der Waals surface area contributed by atoms with Crippen molar-refractivity contribution < 1.29 is 19.6 Å². The molecule has 2 N–H and O–H groups in total. The van der Waals surface area contributed by atoms with Gasteiger partial charge in [0.05, 0.1) is 6.61 Å². The minimum atomic E-state index is -0.875. The van der Waals surface area contributed by atoms with Gasteiger partial charge in [0.25, 0.3) is 0 Å². The smallest absolute Gasteiger partial charge is 0.141 e.